The number of thioether (sulfide) groups is 1. The number of nitrogens with one attached hydrogen (secondary N) is 1. The van der Waals surface area contributed by atoms with Gasteiger partial charge < -0.3 is 9.47 Å². The molecule has 1 aromatic heterocycles. The first-order valence-electron chi connectivity index (χ1n) is 11.4. The lowest BCUT2D eigenvalue weighted by molar-refractivity contribution is -0.118. The maximum absolute atomic E-state index is 12.5. The molecule has 4 aromatic rings. The maximum atomic E-state index is 12.5. The summed E-state index contributed by atoms with van der Waals surface area (Å²) in [5.41, 5.74) is 6.36. The van der Waals surface area contributed by atoms with Crippen LogP contribution in [-0.2, 0) is 4.79 Å². The van der Waals surface area contributed by atoms with Crippen LogP contribution in [0.3, 0.4) is 0 Å². The second-order valence-electron chi connectivity index (χ2n) is 7.77. The van der Waals surface area contributed by atoms with Crippen molar-refractivity contribution in [2.75, 3.05) is 19.5 Å². The van der Waals surface area contributed by atoms with Crippen molar-refractivity contribution in [2.45, 2.75) is 19.0 Å². The van der Waals surface area contributed by atoms with Crippen LogP contribution in [0.5, 0.6) is 11.5 Å². The van der Waals surface area contributed by atoms with E-state index < -0.39 is 0 Å². The van der Waals surface area contributed by atoms with Gasteiger partial charge in [-0.3, -0.25) is 9.36 Å². The van der Waals surface area contributed by atoms with Crippen LogP contribution in [0.25, 0.3) is 17.1 Å². The second-order valence-corrected chi connectivity index (χ2v) is 8.71. The third-order valence-electron chi connectivity index (χ3n) is 5.18. The van der Waals surface area contributed by atoms with Crippen molar-refractivity contribution in [1.82, 2.24) is 20.2 Å². The third kappa shape index (κ3) is 6.11. The quantitative estimate of drug-likeness (QED) is 0.189. The van der Waals surface area contributed by atoms with Crippen molar-refractivity contribution in [3.8, 4) is 28.6 Å². The van der Waals surface area contributed by atoms with Crippen LogP contribution in [0.1, 0.15) is 18.1 Å². The number of carbonyl (C=O) groups is 1. The Balaban J connectivity index is 1.45. The molecule has 0 saturated heterocycles. The Morgan fingerprint density at radius 3 is 2.56 bits per heavy atom. The lowest BCUT2D eigenvalue weighted by Crippen LogP contribution is -2.20. The summed E-state index contributed by atoms with van der Waals surface area (Å²) in [7, 11) is 1.58. The van der Waals surface area contributed by atoms with Gasteiger partial charge in [-0.05, 0) is 49.7 Å². The molecule has 0 unspecified atom stereocenters. The lowest BCUT2D eigenvalue weighted by Gasteiger charge is -2.10. The fourth-order valence-corrected chi connectivity index (χ4v) is 4.19. The number of aromatic nitrogens is 3. The first-order chi connectivity index (χ1) is 17.6. The van der Waals surface area contributed by atoms with Crippen LogP contribution in [0, 0.1) is 6.92 Å². The number of rotatable bonds is 10. The smallest absolute Gasteiger partial charge is 0.250 e. The molecule has 1 heterocycles. The number of hydrogen-bond donors (Lipinski definition) is 1. The number of benzene rings is 3. The highest BCUT2D eigenvalue weighted by Crippen LogP contribution is 2.29. The number of carbonyl (C=O) groups excluding carboxylic acids is 1. The van der Waals surface area contributed by atoms with Crippen molar-refractivity contribution in [1.29, 1.82) is 0 Å². The average molecular weight is 502 g/mol. The normalized spacial score (nSPS) is 11.0. The van der Waals surface area contributed by atoms with Gasteiger partial charge in [0, 0.05) is 11.3 Å². The summed E-state index contributed by atoms with van der Waals surface area (Å²) in [6.07, 6.45) is 1.56. The molecule has 36 heavy (non-hydrogen) atoms. The molecule has 0 spiro atoms. The van der Waals surface area contributed by atoms with E-state index in [-0.39, 0.29) is 11.7 Å². The minimum atomic E-state index is -0.256. The summed E-state index contributed by atoms with van der Waals surface area (Å²) in [6.45, 7) is 4.49. The summed E-state index contributed by atoms with van der Waals surface area (Å²) in [5, 5.41) is 13.5. The van der Waals surface area contributed by atoms with Gasteiger partial charge in [0.15, 0.2) is 22.5 Å². The molecule has 0 aliphatic carbocycles. The van der Waals surface area contributed by atoms with E-state index in [4.69, 9.17) is 9.47 Å². The van der Waals surface area contributed by atoms with Crippen LogP contribution in [-0.4, -0.2) is 46.4 Å². The Hall–Kier alpha value is -4.11. The standard InChI is InChI=1S/C27H27N5O3S/c1-4-35-23-15-12-20(16-24(23)34-3)17-28-29-25(33)18-36-27-31-30-26(21-8-6-5-7-9-21)32(27)22-13-10-19(2)11-14-22/h5-17H,4,18H2,1-3H3,(H,29,33)/b28-17+. The highest BCUT2D eigenvalue weighted by Gasteiger charge is 2.17. The molecule has 0 atom stereocenters. The fraction of sp³-hybridized carbons (Fsp3) is 0.185. The molecule has 3 aromatic carbocycles. The number of hydrogen-bond acceptors (Lipinski definition) is 7. The number of methoxy groups -OCH3 is 1. The molecule has 1 N–H and O–H groups in total. The topological polar surface area (TPSA) is 90.6 Å². The molecule has 9 heteroatoms. The molecule has 1 amide bonds. The van der Waals surface area contributed by atoms with Gasteiger partial charge in [-0.15, -0.1) is 10.2 Å². The van der Waals surface area contributed by atoms with Gasteiger partial charge in [-0.1, -0.05) is 59.8 Å². The van der Waals surface area contributed by atoms with Crippen LogP contribution >= 0.6 is 11.8 Å². The van der Waals surface area contributed by atoms with E-state index in [0.717, 1.165) is 22.4 Å². The lowest BCUT2D eigenvalue weighted by atomic mass is 10.2. The Morgan fingerprint density at radius 2 is 1.83 bits per heavy atom. The highest BCUT2D eigenvalue weighted by atomic mass is 32.2. The van der Waals surface area contributed by atoms with Crippen molar-refractivity contribution in [2.24, 2.45) is 5.10 Å². The molecular weight excluding hydrogens is 474 g/mol. The van der Waals surface area contributed by atoms with Gasteiger partial charge in [0.05, 0.1) is 25.7 Å². The first-order valence-corrected chi connectivity index (χ1v) is 12.4. The Bertz CT molecular complexity index is 1340. The fourth-order valence-electron chi connectivity index (χ4n) is 3.44. The molecule has 0 bridgehead atoms. The van der Waals surface area contributed by atoms with Gasteiger partial charge in [-0.2, -0.15) is 5.10 Å². The molecule has 0 saturated carbocycles. The third-order valence-corrected chi connectivity index (χ3v) is 6.11. The van der Waals surface area contributed by atoms with Gasteiger partial charge >= 0.3 is 0 Å². The predicted octanol–water partition coefficient (Wildman–Crippen LogP) is 4.89. The minimum Gasteiger partial charge on any atom is -0.493 e. The molecule has 4 rings (SSSR count). The summed E-state index contributed by atoms with van der Waals surface area (Å²) in [5.74, 6) is 1.85. The van der Waals surface area contributed by atoms with Crippen molar-refractivity contribution >= 4 is 23.9 Å². The summed E-state index contributed by atoms with van der Waals surface area (Å²) in [4.78, 5) is 12.5. The van der Waals surface area contributed by atoms with E-state index in [1.54, 1.807) is 19.4 Å². The zero-order chi connectivity index (χ0) is 25.3. The zero-order valence-electron chi connectivity index (χ0n) is 20.3. The summed E-state index contributed by atoms with van der Waals surface area (Å²) in [6, 6.07) is 23.4. The molecule has 0 aliphatic heterocycles. The zero-order valence-corrected chi connectivity index (χ0v) is 21.2. The molecular formula is C27H27N5O3S. The van der Waals surface area contributed by atoms with Crippen LogP contribution in [0.15, 0.2) is 83.1 Å². The number of ether oxygens (including phenoxy) is 2. The average Bonchev–Trinajstić information content (AvgIpc) is 3.33. The SMILES string of the molecule is CCOc1ccc(/C=N/NC(=O)CSc2nnc(-c3ccccc3)n2-c2ccc(C)cc2)cc1OC. The molecule has 8 nitrogen and oxygen atoms in total. The van der Waals surface area contributed by atoms with Gasteiger partial charge in [0.2, 0.25) is 0 Å². The van der Waals surface area contributed by atoms with Crippen LogP contribution < -0.4 is 14.9 Å². The van der Waals surface area contributed by atoms with E-state index in [1.165, 1.54) is 11.8 Å². The first kappa shape index (κ1) is 25.0. The number of nitrogens with zero attached hydrogens (tertiary/aromatic N) is 4. The summed E-state index contributed by atoms with van der Waals surface area (Å²) >= 11 is 1.30. The highest BCUT2D eigenvalue weighted by molar-refractivity contribution is 7.99. The van der Waals surface area contributed by atoms with E-state index in [2.05, 4.69) is 20.7 Å². The van der Waals surface area contributed by atoms with E-state index in [1.807, 2.05) is 85.1 Å². The van der Waals surface area contributed by atoms with Crippen molar-refractivity contribution in [3.05, 3.63) is 83.9 Å². The maximum Gasteiger partial charge on any atom is 0.250 e. The molecule has 0 radical (unpaired) electrons. The van der Waals surface area contributed by atoms with Crippen molar-refractivity contribution < 1.29 is 14.3 Å². The second kappa shape index (κ2) is 12.0. The van der Waals surface area contributed by atoms with Crippen LogP contribution in [0.4, 0.5) is 0 Å². The Labute approximate surface area is 214 Å². The predicted molar refractivity (Wildman–Crippen MR) is 142 cm³/mol. The Morgan fingerprint density at radius 1 is 1.06 bits per heavy atom. The van der Waals surface area contributed by atoms with Crippen LogP contribution in [0.2, 0.25) is 0 Å². The van der Waals surface area contributed by atoms with Gasteiger partial charge in [0.25, 0.3) is 5.91 Å². The number of aryl methyl sites for hydroxylation is 1. The number of hydrazone groups is 1. The van der Waals surface area contributed by atoms with Crippen molar-refractivity contribution in [3.63, 3.8) is 0 Å². The number of amides is 1. The van der Waals surface area contributed by atoms with Gasteiger partial charge in [-0.25, -0.2) is 5.43 Å². The molecule has 0 fully saturated rings. The largest absolute Gasteiger partial charge is 0.493 e. The molecule has 184 valence electrons. The Kier molecular flexibility index (Phi) is 8.36. The monoisotopic (exact) mass is 501 g/mol. The van der Waals surface area contributed by atoms with E-state index in [9.17, 15) is 4.79 Å². The molecule has 0 aliphatic rings. The summed E-state index contributed by atoms with van der Waals surface area (Å²) < 4.78 is 12.8. The minimum absolute atomic E-state index is 0.128. The van der Waals surface area contributed by atoms with Gasteiger partial charge in [0.1, 0.15) is 0 Å². The van der Waals surface area contributed by atoms with E-state index in [0.29, 0.717) is 29.1 Å². The van der Waals surface area contributed by atoms with E-state index >= 15 is 0 Å².